The van der Waals surface area contributed by atoms with E-state index in [0.29, 0.717) is 25.2 Å². The van der Waals surface area contributed by atoms with Crippen molar-refractivity contribution in [2.24, 2.45) is 0 Å². The van der Waals surface area contributed by atoms with Crippen molar-refractivity contribution < 1.29 is 9.53 Å². The summed E-state index contributed by atoms with van der Waals surface area (Å²) in [5.74, 6) is 0.129. The molecule has 1 aliphatic rings. The Labute approximate surface area is 131 Å². The molecular formula is C14H13N5O2S. The van der Waals surface area contributed by atoms with Crippen LogP contribution < -0.4 is 4.74 Å². The first-order chi connectivity index (χ1) is 10.7. The summed E-state index contributed by atoms with van der Waals surface area (Å²) in [6.45, 7) is 2.92. The molecule has 2 aromatic rings. The molecule has 1 atom stereocenters. The van der Waals surface area contributed by atoms with Crippen LogP contribution in [0.1, 0.15) is 27.6 Å². The van der Waals surface area contributed by atoms with Crippen LogP contribution in [0, 0.1) is 18.3 Å². The molecule has 7 nitrogen and oxygen atoms in total. The van der Waals surface area contributed by atoms with Gasteiger partial charge in [-0.2, -0.15) is 5.26 Å². The number of hydrogen-bond acceptors (Lipinski definition) is 7. The predicted molar refractivity (Wildman–Crippen MR) is 78.5 cm³/mol. The Morgan fingerprint density at radius 3 is 3.05 bits per heavy atom. The van der Waals surface area contributed by atoms with Gasteiger partial charge in [-0.25, -0.2) is 15.0 Å². The predicted octanol–water partition coefficient (Wildman–Crippen LogP) is 1.41. The summed E-state index contributed by atoms with van der Waals surface area (Å²) in [4.78, 5) is 26.2. The lowest BCUT2D eigenvalue weighted by Crippen LogP contribution is -2.31. The van der Waals surface area contributed by atoms with Crippen LogP contribution in [0.5, 0.6) is 5.88 Å². The first kappa shape index (κ1) is 14.4. The lowest BCUT2D eigenvalue weighted by molar-refractivity contribution is 0.0766. The number of carbonyl (C=O) groups excluding carboxylic acids is 1. The first-order valence-electron chi connectivity index (χ1n) is 6.76. The Bertz CT molecular complexity index is 739. The fourth-order valence-corrected chi connectivity index (χ4v) is 2.87. The van der Waals surface area contributed by atoms with Crippen LogP contribution in [0.2, 0.25) is 0 Å². The number of hydrogen-bond donors (Lipinski definition) is 0. The molecule has 0 saturated carbocycles. The van der Waals surface area contributed by atoms with Gasteiger partial charge in [-0.1, -0.05) is 0 Å². The SMILES string of the molecule is Cc1nc(C(=O)N2CC[C@@H](Oc3nccnc3C#N)C2)cs1. The van der Waals surface area contributed by atoms with Crippen LogP contribution >= 0.6 is 11.3 Å². The molecule has 2 aromatic heterocycles. The van der Waals surface area contributed by atoms with E-state index in [2.05, 4.69) is 15.0 Å². The van der Waals surface area contributed by atoms with E-state index in [0.717, 1.165) is 5.01 Å². The standard InChI is InChI=1S/C14H13N5O2S/c1-9-18-12(8-22-9)14(20)19-5-2-10(7-19)21-13-11(6-15)16-3-4-17-13/h3-4,8,10H,2,5,7H2,1H3/t10-/m1/s1. The highest BCUT2D eigenvalue weighted by atomic mass is 32.1. The fourth-order valence-electron chi connectivity index (χ4n) is 2.28. The number of thiazole rings is 1. The third-order valence-electron chi connectivity index (χ3n) is 3.32. The molecule has 22 heavy (non-hydrogen) atoms. The molecule has 0 aliphatic carbocycles. The van der Waals surface area contributed by atoms with E-state index in [-0.39, 0.29) is 23.6 Å². The Morgan fingerprint density at radius 2 is 2.32 bits per heavy atom. The Morgan fingerprint density at radius 1 is 1.50 bits per heavy atom. The normalized spacial score (nSPS) is 17.3. The minimum absolute atomic E-state index is 0.0879. The minimum atomic E-state index is -0.188. The monoisotopic (exact) mass is 315 g/mol. The summed E-state index contributed by atoms with van der Waals surface area (Å²) in [7, 11) is 0. The number of rotatable bonds is 3. The van der Waals surface area contributed by atoms with E-state index in [1.807, 2.05) is 13.0 Å². The summed E-state index contributed by atoms with van der Waals surface area (Å²) in [5.41, 5.74) is 0.628. The minimum Gasteiger partial charge on any atom is -0.470 e. The van der Waals surface area contributed by atoms with E-state index < -0.39 is 0 Å². The molecular weight excluding hydrogens is 302 g/mol. The zero-order chi connectivity index (χ0) is 15.5. The highest BCUT2D eigenvalue weighted by molar-refractivity contribution is 7.09. The maximum atomic E-state index is 12.3. The van der Waals surface area contributed by atoms with Crippen LogP contribution in [-0.2, 0) is 0 Å². The second kappa shape index (κ2) is 6.07. The average molecular weight is 315 g/mol. The average Bonchev–Trinajstić information content (AvgIpc) is 3.16. The number of ether oxygens (including phenoxy) is 1. The molecule has 3 rings (SSSR count). The summed E-state index contributed by atoms with van der Waals surface area (Å²) in [6, 6.07) is 1.94. The van der Waals surface area contributed by atoms with Crippen LogP contribution in [0.15, 0.2) is 17.8 Å². The van der Waals surface area contributed by atoms with Crippen molar-refractivity contribution >= 4 is 17.2 Å². The summed E-state index contributed by atoms with van der Waals surface area (Å²) in [5, 5.41) is 11.6. The molecule has 0 N–H and O–H groups in total. The van der Waals surface area contributed by atoms with Crippen molar-refractivity contribution in [3.8, 4) is 11.9 Å². The lowest BCUT2D eigenvalue weighted by atomic mass is 10.3. The number of amides is 1. The third kappa shape index (κ3) is 2.89. The van der Waals surface area contributed by atoms with E-state index in [1.165, 1.54) is 23.7 Å². The first-order valence-corrected chi connectivity index (χ1v) is 7.64. The maximum absolute atomic E-state index is 12.3. The zero-order valence-electron chi connectivity index (χ0n) is 11.9. The molecule has 0 aromatic carbocycles. The molecule has 1 aliphatic heterocycles. The van der Waals surface area contributed by atoms with Crippen molar-refractivity contribution in [2.45, 2.75) is 19.4 Å². The van der Waals surface area contributed by atoms with Gasteiger partial charge in [0.25, 0.3) is 11.8 Å². The molecule has 1 fully saturated rings. The number of likely N-dealkylation sites (tertiary alicyclic amines) is 1. The molecule has 0 spiro atoms. The molecule has 1 saturated heterocycles. The zero-order valence-corrected chi connectivity index (χ0v) is 12.7. The Kier molecular flexibility index (Phi) is 3.98. The highest BCUT2D eigenvalue weighted by Gasteiger charge is 2.30. The van der Waals surface area contributed by atoms with Gasteiger partial charge in [-0.15, -0.1) is 11.3 Å². The summed E-state index contributed by atoms with van der Waals surface area (Å²) >= 11 is 1.46. The van der Waals surface area contributed by atoms with Gasteiger partial charge in [0.15, 0.2) is 0 Å². The smallest absolute Gasteiger partial charge is 0.273 e. The number of aromatic nitrogens is 3. The van der Waals surface area contributed by atoms with Gasteiger partial charge in [-0.05, 0) is 6.92 Å². The van der Waals surface area contributed by atoms with Crippen molar-refractivity contribution in [3.63, 3.8) is 0 Å². The molecule has 112 valence electrons. The van der Waals surface area contributed by atoms with Gasteiger partial charge in [0.1, 0.15) is 17.9 Å². The van der Waals surface area contributed by atoms with E-state index in [1.54, 1.807) is 10.3 Å². The number of nitrogens with zero attached hydrogens (tertiary/aromatic N) is 5. The Balaban J connectivity index is 1.65. The van der Waals surface area contributed by atoms with Gasteiger partial charge < -0.3 is 9.64 Å². The van der Waals surface area contributed by atoms with Crippen molar-refractivity contribution in [1.82, 2.24) is 19.9 Å². The lowest BCUT2D eigenvalue weighted by Gasteiger charge is -2.16. The fraction of sp³-hybridized carbons (Fsp3) is 0.357. The Hall–Kier alpha value is -2.53. The molecule has 0 radical (unpaired) electrons. The van der Waals surface area contributed by atoms with Crippen LogP contribution in [0.4, 0.5) is 0 Å². The number of aryl methyl sites for hydroxylation is 1. The van der Waals surface area contributed by atoms with E-state index in [9.17, 15) is 4.79 Å². The van der Waals surface area contributed by atoms with Gasteiger partial charge in [-0.3, -0.25) is 4.79 Å². The van der Waals surface area contributed by atoms with Crippen LogP contribution in [0.3, 0.4) is 0 Å². The highest BCUT2D eigenvalue weighted by Crippen LogP contribution is 2.20. The van der Waals surface area contributed by atoms with Crippen LogP contribution in [0.25, 0.3) is 0 Å². The van der Waals surface area contributed by atoms with Gasteiger partial charge >= 0.3 is 0 Å². The summed E-state index contributed by atoms with van der Waals surface area (Å²) < 4.78 is 5.71. The van der Waals surface area contributed by atoms with Gasteiger partial charge in [0, 0.05) is 30.7 Å². The van der Waals surface area contributed by atoms with Crippen molar-refractivity contribution in [2.75, 3.05) is 13.1 Å². The molecule has 0 bridgehead atoms. The number of nitriles is 1. The van der Waals surface area contributed by atoms with E-state index in [4.69, 9.17) is 10.00 Å². The van der Waals surface area contributed by atoms with Crippen molar-refractivity contribution in [1.29, 1.82) is 5.26 Å². The quantitative estimate of drug-likeness (QED) is 0.850. The van der Waals surface area contributed by atoms with Gasteiger partial charge in [0.05, 0.1) is 11.6 Å². The van der Waals surface area contributed by atoms with E-state index >= 15 is 0 Å². The molecule has 1 amide bonds. The maximum Gasteiger partial charge on any atom is 0.273 e. The van der Waals surface area contributed by atoms with Gasteiger partial charge in [0.2, 0.25) is 5.69 Å². The summed E-state index contributed by atoms with van der Waals surface area (Å²) in [6.07, 6.45) is 3.43. The van der Waals surface area contributed by atoms with Crippen LogP contribution in [-0.4, -0.2) is 45.0 Å². The number of carbonyl (C=O) groups is 1. The molecule has 0 unspecified atom stereocenters. The molecule has 3 heterocycles. The molecule has 8 heteroatoms. The van der Waals surface area contributed by atoms with Crippen molar-refractivity contribution in [3.05, 3.63) is 34.2 Å². The third-order valence-corrected chi connectivity index (χ3v) is 4.09. The second-order valence-corrected chi connectivity index (χ2v) is 5.92. The largest absolute Gasteiger partial charge is 0.470 e. The topological polar surface area (TPSA) is 92.0 Å². The second-order valence-electron chi connectivity index (χ2n) is 4.85.